The lowest BCUT2D eigenvalue weighted by molar-refractivity contribution is 0.621. The third-order valence-corrected chi connectivity index (χ3v) is 3.61. The predicted octanol–water partition coefficient (Wildman–Crippen LogP) is 4.65. The number of nitrogens with zero attached hydrogens (tertiary/aromatic N) is 2. The summed E-state index contributed by atoms with van der Waals surface area (Å²) in [4.78, 5) is 8.55. The molecule has 0 spiro atoms. The van der Waals surface area contributed by atoms with Crippen LogP contribution in [0.15, 0.2) is 22.7 Å². The Kier molecular flexibility index (Phi) is 4.37. The summed E-state index contributed by atoms with van der Waals surface area (Å²) in [6.07, 6.45) is 0.696. The van der Waals surface area contributed by atoms with Crippen LogP contribution in [0.3, 0.4) is 0 Å². The molecule has 6 heteroatoms. The van der Waals surface area contributed by atoms with Crippen molar-refractivity contribution in [2.45, 2.75) is 20.3 Å². The van der Waals surface area contributed by atoms with Crippen LogP contribution in [-0.2, 0) is 6.42 Å². The van der Waals surface area contributed by atoms with Crippen LogP contribution >= 0.6 is 27.5 Å². The fraction of sp³-hybridized carbons (Fsp3) is 0.231. The molecule has 100 valence electrons. The highest BCUT2D eigenvalue weighted by Gasteiger charge is 2.09. The lowest BCUT2D eigenvalue weighted by Gasteiger charge is -2.11. The molecule has 2 aromatic rings. The maximum atomic E-state index is 13.2. The number of anilines is 2. The van der Waals surface area contributed by atoms with Crippen molar-refractivity contribution in [3.8, 4) is 0 Å². The van der Waals surface area contributed by atoms with Gasteiger partial charge in [-0.2, -0.15) is 0 Å². The second kappa shape index (κ2) is 5.84. The van der Waals surface area contributed by atoms with E-state index in [1.54, 1.807) is 12.1 Å². The number of aromatic nitrogens is 2. The first-order valence-corrected chi connectivity index (χ1v) is 6.93. The summed E-state index contributed by atoms with van der Waals surface area (Å²) < 4.78 is 13.6. The maximum Gasteiger partial charge on any atom is 0.138 e. The second-order valence-electron chi connectivity index (χ2n) is 4.01. The fourth-order valence-corrected chi connectivity index (χ4v) is 2.09. The third kappa shape index (κ3) is 3.22. The molecule has 19 heavy (non-hydrogen) atoms. The second-order valence-corrected chi connectivity index (χ2v) is 5.22. The van der Waals surface area contributed by atoms with E-state index in [2.05, 4.69) is 31.2 Å². The lowest BCUT2D eigenvalue weighted by Crippen LogP contribution is -2.03. The summed E-state index contributed by atoms with van der Waals surface area (Å²) in [7, 11) is 0. The van der Waals surface area contributed by atoms with Gasteiger partial charge in [0.05, 0.1) is 4.47 Å². The molecule has 0 fully saturated rings. The van der Waals surface area contributed by atoms with E-state index in [9.17, 15) is 4.39 Å². The Morgan fingerprint density at radius 2 is 2.11 bits per heavy atom. The van der Waals surface area contributed by atoms with Gasteiger partial charge in [-0.1, -0.05) is 18.5 Å². The number of hydrogen-bond acceptors (Lipinski definition) is 3. The number of benzene rings is 1. The predicted molar refractivity (Wildman–Crippen MR) is 78.5 cm³/mol. The maximum absolute atomic E-state index is 13.2. The fourth-order valence-electron chi connectivity index (χ4n) is 1.52. The third-order valence-electron chi connectivity index (χ3n) is 2.63. The largest absolute Gasteiger partial charge is 0.340 e. The van der Waals surface area contributed by atoms with E-state index in [4.69, 9.17) is 11.6 Å². The minimum absolute atomic E-state index is 0.308. The minimum atomic E-state index is -0.308. The van der Waals surface area contributed by atoms with E-state index in [1.807, 2.05) is 13.8 Å². The van der Waals surface area contributed by atoms with Crippen molar-refractivity contribution in [3.63, 3.8) is 0 Å². The van der Waals surface area contributed by atoms with E-state index in [0.29, 0.717) is 27.7 Å². The molecule has 0 unspecified atom stereocenters. The zero-order valence-corrected chi connectivity index (χ0v) is 12.8. The SMILES string of the molecule is CCc1nc(Cl)c(C)c(Nc2ccc(F)c(Br)c2)n1. The summed E-state index contributed by atoms with van der Waals surface area (Å²) in [5.74, 6) is 0.992. The van der Waals surface area contributed by atoms with Crippen molar-refractivity contribution in [2.75, 3.05) is 5.32 Å². The first-order valence-electron chi connectivity index (χ1n) is 5.76. The van der Waals surface area contributed by atoms with Crippen LogP contribution in [-0.4, -0.2) is 9.97 Å². The van der Waals surface area contributed by atoms with Gasteiger partial charge in [0.1, 0.15) is 22.6 Å². The number of rotatable bonds is 3. The average Bonchev–Trinajstić information content (AvgIpc) is 2.39. The van der Waals surface area contributed by atoms with Gasteiger partial charge in [0.15, 0.2) is 0 Å². The molecule has 3 nitrogen and oxygen atoms in total. The molecule has 1 aromatic carbocycles. The Bertz CT molecular complexity index is 619. The number of hydrogen-bond donors (Lipinski definition) is 1. The molecule has 0 aliphatic carbocycles. The summed E-state index contributed by atoms with van der Waals surface area (Å²) in [6, 6.07) is 4.67. The van der Waals surface area contributed by atoms with Crippen LogP contribution in [0.4, 0.5) is 15.9 Å². The molecule has 0 aliphatic rings. The topological polar surface area (TPSA) is 37.8 Å². The Hall–Kier alpha value is -1.20. The molecule has 0 bridgehead atoms. The van der Waals surface area contributed by atoms with Crippen molar-refractivity contribution < 1.29 is 4.39 Å². The van der Waals surface area contributed by atoms with Crippen molar-refractivity contribution in [1.29, 1.82) is 0 Å². The highest BCUT2D eigenvalue weighted by Crippen LogP contribution is 2.26. The van der Waals surface area contributed by atoms with Gasteiger partial charge >= 0.3 is 0 Å². The van der Waals surface area contributed by atoms with Gasteiger partial charge in [0.2, 0.25) is 0 Å². The highest BCUT2D eigenvalue weighted by atomic mass is 79.9. The van der Waals surface area contributed by atoms with E-state index in [1.165, 1.54) is 6.07 Å². The van der Waals surface area contributed by atoms with Crippen LogP contribution in [0.1, 0.15) is 18.3 Å². The molecule has 0 saturated heterocycles. The first kappa shape index (κ1) is 14.2. The molecule has 0 amide bonds. The van der Waals surface area contributed by atoms with Crippen LogP contribution < -0.4 is 5.32 Å². The standard InChI is InChI=1S/C13H12BrClFN3/c1-3-11-18-12(15)7(2)13(19-11)17-8-4-5-10(16)9(14)6-8/h4-6H,3H2,1-2H3,(H,17,18,19). The van der Waals surface area contributed by atoms with Gasteiger partial charge in [-0.15, -0.1) is 0 Å². The molecule has 0 aliphatic heterocycles. The molecule has 1 N–H and O–H groups in total. The first-order chi connectivity index (χ1) is 9.01. The van der Waals surface area contributed by atoms with Crippen LogP contribution in [0.5, 0.6) is 0 Å². The van der Waals surface area contributed by atoms with E-state index in [0.717, 1.165) is 11.3 Å². The van der Waals surface area contributed by atoms with Gasteiger partial charge in [-0.05, 0) is 41.1 Å². The summed E-state index contributed by atoms with van der Waals surface area (Å²) in [5, 5.41) is 3.55. The molecule has 1 heterocycles. The zero-order chi connectivity index (χ0) is 14.0. The van der Waals surface area contributed by atoms with Crippen LogP contribution in [0.2, 0.25) is 5.15 Å². The molecular weight excluding hydrogens is 333 g/mol. The van der Waals surface area contributed by atoms with Crippen molar-refractivity contribution in [2.24, 2.45) is 0 Å². The Morgan fingerprint density at radius 3 is 2.74 bits per heavy atom. The van der Waals surface area contributed by atoms with Gasteiger partial charge < -0.3 is 5.32 Å². The Morgan fingerprint density at radius 1 is 1.37 bits per heavy atom. The smallest absolute Gasteiger partial charge is 0.138 e. The minimum Gasteiger partial charge on any atom is -0.340 e. The van der Waals surface area contributed by atoms with Crippen LogP contribution in [0.25, 0.3) is 0 Å². The van der Waals surface area contributed by atoms with Gasteiger partial charge in [-0.3, -0.25) is 0 Å². The van der Waals surface area contributed by atoms with E-state index >= 15 is 0 Å². The molecular formula is C13H12BrClFN3. The molecule has 1 aromatic heterocycles. The number of halogens is 3. The normalized spacial score (nSPS) is 10.6. The van der Waals surface area contributed by atoms with Gasteiger partial charge in [0, 0.05) is 17.7 Å². The average molecular weight is 345 g/mol. The van der Waals surface area contributed by atoms with E-state index in [-0.39, 0.29) is 5.82 Å². The van der Waals surface area contributed by atoms with Crippen LogP contribution in [0, 0.1) is 12.7 Å². The lowest BCUT2D eigenvalue weighted by atomic mass is 10.3. The van der Waals surface area contributed by atoms with Crippen molar-refractivity contribution >= 4 is 39.0 Å². The monoisotopic (exact) mass is 343 g/mol. The van der Waals surface area contributed by atoms with Crippen molar-refractivity contribution in [3.05, 3.63) is 45.0 Å². The quantitative estimate of drug-likeness (QED) is 0.824. The zero-order valence-electron chi connectivity index (χ0n) is 10.5. The molecule has 0 saturated carbocycles. The summed E-state index contributed by atoms with van der Waals surface area (Å²) in [6.45, 7) is 3.79. The van der Waals surface area contributed by atoms with E-state index < -0.39 is 0 Å². The number of aryl methyl sites for hydroxylation is 1. The Balaban J connectivity index is 2.37. The summed E-state index contributed by atoms with van der Waals surface area (Å²) in [5.41, 5.74) is 1.49. The molecule has 0 radical (unpaired) electrons. The highest BCUT2D eigenvalue weighted by molar-refractivity contribution is 9.10. The Labute approximate surface area is 124 Å². The van der Waals surface area contributed by atoms with Gasteiger partial charge in [-0.25, -0.2) is 14.4 Å². The van der Waals surface area contributed by atoms with Gasteiger partial charge in [0.25, 0.3) is 0 Å². The molecule has 2 rings (SSSR count). The summed E-state index contributed by atoms with van der Waals surface area (Å²) >= 11 is 9.21. The number of nitrogens with one attached hydrogen (secondary N) is 1. The molecule has 0 atom stereocenters. The van der Waals surface area contributed by atoms with Crippen molar-refractivity contribution in [1.82, 2.24) is 9.97 Å².